The fourth-order valence-electron chi connectivity index (χ4n) is 1.64. The molecule has 0 saturated heterocycles. The van der Waals surface area contributed by atoms with Crippen molar-refractivity contribution in [1.29, 1.82) is 0 Å². The summed E-state index contributed by atoms with van der Waals surface area (Å²) in [4.78, 5) is 11.7. The van der Waals surface area contributed by atoms with E-state index in [0.29, 0.717) is 12.3 Å². The number of likely N-dealkylation sites (N-methyl/N-ethyl adjacent to an activating group) is 1. The van der Waals surface area contributed by atoms with Crippen LogP contribution in [-0.4, -0.2) is 51.8 Å². The van der Waals surface area contributed by atoms with Crippen molar-refractivity contribution in [3.63, 3.8) is 0 Å². The lowest BCUT2D eigenvalue weighted by atomic mass is 10.3. The summed E-state index contributed by atoms with van der Waals surface area (Å²) < 4.78 is 29.1. The Morgan fingerprint density at radius 1 is 1.26 bits per heavy atom. The average molecular weight is 343 g/mol. The van der Waals surface area contributed by atoms with Crippen molar-refractivity contribution in [1.82, 2.24) is 9.62 Å². The van der Waals surface area contributed by atoms with E-state index in [0.717, 1.165) is 24.8 Å². The van der Waals surface area contributed by atoms with Gasteiger partial charge in [0.15, 0.2) is 0 Å². The number of amides is 2. The summed E-state index contributed by atoms with van der Waals surface area (Å²) in [5.41, 5.74) is 0.641. The number of unbranched alkanes of at least 4 members (excludes halogenated alkanes) is 1. The van der Waals surface area contributed by atoms with Crippen molar-refractivity contribution < 1.29 is 17.9 Å². The summed E-state index contributed by atoms with van der Waals surface area (Å²) >= 11 is 0. The highest BCUT2D eigenvalue weighted by molar-refractivity contribution is 7.88. The molecule has 8 heteroatoms. The lowest BCUT2D eigenvalue weighted by molar-refractivity contribution is 0.251. The first kappa shape index (κ1) is 19.2. The molecule has 1 aromatic carbocycles. The van der Waals surface area contributed by atoms with Gasteiger partial charge in [-0.1, -0.05) is 13.3 Å². The number of hydrogen-bond acceptors (Lipinski definition) is 4. The van der Waals surface area contributed by atoms with Gasteiger partial charge in [-0.25, -0.2) is 17.5 Å². The largest absolute Gasteiger partial charge is 0.494 e. The van der Waals surface area contributed by atoms with Crippen LogP contribution in [0.25, 0.3) is 0 Å². The highest BCUT2D eigenvalue weighted by Crippen LogP contribution is 2.15. The third-order valence-electron chi connectivity index (χ3n) is 3.16. The molecule has 0 heterocycles. The fraction of sp³-hybridized carbons (Fsp3) is 0.533. The van der Waals surface area contributed by atoms with E-state index in [1.165, 1.54) is 11.4 Å². The molecule has 0 atom stereocenters. The predicted molar refractivity (Wildman–Crippen MR) is 91.3 cm³/mol. The van der Waals surface area contributed by atoms with E-state index < -0.39 is 10.0 Å². The van der Waals surface area contributed by atoms with Crippen molar-refractivity contribution >= 4 is 21.7 Å². The van der Waals surface area contributed by atoms with Crippen LogP contribution in [0, 0.1) is 0 Å². The van der Waals surface area contributed by atoms with Crippen LogP contribution in [0.3, 0.4) is 0 Å². The SMILES string of the molecule is CCCCOc1ccc(NC(=O)NCCN(C)S(C)(=O)=O)cc1. The van der Waals surface area contributed by atoms with E-state index in [1.807, 2.05) is 0 Å². The molecule has 0 spiro atoms. The second kappa shape index (κ2) is 9.36. The number of hydrogen-bond donors (Lipinski definition) is 2. The minimum atomic E-state index is -3.23. The molecule has 1 rings (SSSR count). The monoisotopic (exact) mass is 343 g/mol. The number of ether oxygens (including phenoxy) is 1. The maximum atomic E-state index is 11.7. The van der Waals surface area contributed by atoms with Gasteiger partial charge < -0.3 is 15.4 Å². The van der Waals surface area contributed by atoms with Gasteiger partial charge in [0.25, 0.3) is 0 Å². The molecule has 0 aliphatic heterocycles. The predicted octanol–water partition coefficient (Wildman–Crippen LogP) is 1.88. The maximum absolute atomic E-state index is 11.7. The number of carbonyl (C=O) groups is 1. The number of urea groups is 1. The molecule has 0 unspecified atom stereocenters. The zero-order valence-electron chi connectivity index (χ0n) is 13.8. The van der Waals surface area contributed by atoms with Gasteiger partial charge in [-0.2, -0.15) is 0 Å². The molecule has 2 amide bonds. The Kier molecular flexibility index (Phi) is 7.84. The molecule has 0 aromatic heterocycles. The molecule has 0 fully saturated rings. The van der Waals surface area contributed by atoms with Gasteiger partial charge in [0.05, 0.1) is 12.9 Å². The van der Waals surface area contributed by atoms with Crippen LogP contribution in [-0.2, 0) is 10.0 Å². The standard InChI is InChI=1S/C15H25N3O4S/c1-4-5-12-22-14-8-6-13(7-9-14)17-15(19)16-10-11-18(2)23(3,20)21/h6-9H,4-5,10-12H2,1-3H3,(H2,16,17,19). The number of carbonyl (C=O) groups excluding carboxylic acids is 1. The minimum Gasteiger partial charge on any atom is -0.494 e. The van der Waals surface area contributed by atoms with Crippen LogP contribution in [0.1, 0.15) is 19.8 Å². The molecule has 130 valence electrons. The molecule has 2 N–H and O–H groups in total. The first-order chi connectivity index (χ1) is 10.8. The summed E-state index contributed by atoms with van der Waals surface area (Å²) in [6.07, 6.45) is 3.20. The summed E-state index contributed by atoms with van der Waals surface area (Å²) in [5, 5.41) is 5.28. The van der Waals surface area contributed by atoms with E-state index in [4.69, 9.17) is 4.74 Å². The molecule has 1 aromatic rings. The Bertz CT molecular complexity index is 587. The van der Waals surface area contributed by atoms with Crippen LogP contribution in [0.15, 0.2) is 24.3 Å². The van der Waals surface area contributed by atoms with E-state index in [1.54, 1.807) is 24.3 Å². The lowest BCUT2D eigenvalue weighted by Crippen LogP contribution is -2.37. The normalized spacial score (nSPS) is 11.3. The van der Waals surface area contributed by atoms with Crippen LogP contribution in [0.4, 0.5) is 10.5 Å². The number of nitrogens with zero attached hydrogens (tertiary/aromatic N) is 1. The van der Waals surface area contributed by atoms with Crippen LogP contribution < -0.4 is 15.4 Å². The second-order valence-electron chi connectivity index (χ2n) is 5.19. The van der Waals surface area contributed by atoms with E-state index in [2.05, 4.69) is 17.6 Å². The van der Waals surface area contributed by atoms with Gasteiger partial charge >= 0.3 is 6.03 Å². The van der Waals surface area contributed by atoms with E-state index >= 15 is 0 Å². The molecule has 0 aliphatic carbocycles. The Morgan fingerprint density at radius 3 is 2.48 bits per heavy atom. The van der Waals surface area contributed by atoms with Gasteiger partial charge in [-0.15, -0.1) is 0 Å². The van der Waals surface area contributed by atoms with E-state index in [-0.39, 0.29) is 19.1 Å². The Labute approximate surface area is 138 Å². The molecule has 0 saturated carbocycles. The molecular formula is C15H25N3O4S. The molecule has 23 heavy (non-hydrogen) atoms. The third kappa shape index (κ3) is 7.85. The maximum Gasteiger partial charge on any atom is 0.319 e. The molecule has 7 nitrogen and oxygen atoms in total. The van der Waals surface area contributed by atoms with Gasteiger partial charge in [0.2, 0.25) is 10.0 Å². The average Bonchev–Trinajstić information content (AvgIpc) is 2.48. The van der Waals surface area contributed by atoms with Crippen molar-refractivity contribution in [3.8, 4) is 5.75 Å². The van der Waals surface area contributed by atoms with Crippen molar-refractivity contribution in [2.45, 2.75) is 19.8 Å². The first-order valence-electron chi connectivity index (χ1n) is 7.52. The summed E-state index contributed by atoms with van der Waals surface area (Å²) in [7, 11) is -1.76. The summed E-state index contributed by atoms with van der Waals surface area (Å²) in [6, 6.07) is 6.71. The zero-order valence-corrected chi connectivity index (χ0v) is 14.6. The topological polar surface area (TPSA) is 87.7 Å². The quantitative estimate of drug-likeness (QED) is 0.670. The molecule has 0 radical (unpaired) electrons. The van der Waals surface area contributed by atoms with Crippen molar-refractivity contribution in [3.05, 3.63) is 24.3 Å². The van der Waals surface area contributed by atoms with Crippen LogP contribution in [0.2, 0.25) is 0 Å². The second-order valence-corrected chi connectivity index (χ2v) is 7.28. The number of anilines is 1. The van der Waals surface area contributed by atoms with Gasteiger partial charge in [-0.05, 0) is 30.7 Å². The third-order valence-corrected chi connectivity index (χ3v) is 4.47. The van der Waals surface area contributed by atoms with Gasteiger partial charge in [0.1, 0.15) is 5.75 Å². The van der Waals surface area contributed by atoms with Crippen LogP contribution >= 0.6 is 0 Å². The van der Waals surface area contributed by atoms with Crippen molar-refractivity contribution in [2.24, 2.45) is 0 Å². The summed E-state index contributed by atoms with van der Waals surface area (Å²) in [6.45, 7) is 3.23. The highest BCUT2D eigenvalue weighted by Gasteiger charge is 2.10. The van der Waals surface area contributed by atoms with Crippen molar-refractivity contribution in [2.75, 3.05) is 38.3 Å². The number of sulfonamides is 1. The first-order valence-corrected chi connectivity index (χ1v) is 9.36. The number of rotatable bonds is 9. The lowest BCUT2D eigenvalue weighted by Gasteiger charge is -2.14. The molecular weight excluding hydrogens is 318 g/mol. The zero-order chi connectivity index (χ0) is 17.3. The van der Waals surface area contributed by atoms with Gasteiger partial charge in [-0.3, -0.25) is 0 Å². The molecule has 0 aliphatic rings. The van der Waals surface area contributed by atoms with Gasteiger partial charge in [0, 0.05) is 25.8 Å². The summed E-state index contributed by atoms with van der Waals surface area (Å²) in [5.74, 6) is 0.763. The Hall–Kier alpha value is -1.80. The Morgan fingerprint density at radius 2 is 1.91 bits per heavy atom. The number of benzene rings is 1. The highest BCUT2D eigenvalue weighted by atomic mass is 32.2. The van der Waals surface area contributed by atoms with Crippen LogP contribution in [0.5, 0.6) is 5.75 Å². The number of nitrogens with one attached hydrogen (secondary N) is 2. The Balaban J connectivity index is 2.34. The molecule has 0 bridgehead atoms. The minimum absolute atomic E-state index is 0.219. The fourth-order valence-corrected chi connectivity index (χ4v) is 2.06. The smallest absolute Gasteiger partial charge is 0.319 e. The van der Waals surface area contributed by atoms with E-state index in [9.17, 15) is 13.2 Å².